The molecule has 132 valence electrons. The molecule has 0 unspecified atom stereocenters. The molecular formula is C16H25N5O3. The lowest BCUT2D eigenvalue weighted by molar-refractivity contribution is 0.0566. The highest BCUT2D eigenvalue weighted by atomic mass is 16.6. The largest absolute Gasteiger partial charge is 0.450 e. The number of ether oxygens (including phenoxy) is 1. The minimum absolute atomic E-state index is 0.111. The maximum absolute atomic E-state index is 12.6. The lowest BCUT2D eigenvalue weighted by Crippen LogP contribution is -2.50. The molecule has 24 heavy (non-hydrogen) atoms. The summed E-state index contributed by atoms with van der Waals surface area (Å²) in [4.78, 5) is 27.6. The first-order chi connectivity index (χ1) is 11.7. The molecule has 1 aromatic rings. The van der Waals surface area contributed by atoms with Crippen molar-refractivity contribution < 1.29 is 14.3 Å². The van der Waals surface area contributed by atoms with E-state index < -0.39 is 0 Å². The summed E-state index contributed by atoms with van der Waals surface area (Å²) in [5.41, 5.74) is 0.394. The van der Waals surface area contributed by atoms with E-state index >= 15 is 0 Å². The molecule has 3 rings (SSSR count). The Labute approximate surface area is 141 Å². The fourth-order valence-electron chi connectivity index (χ4n) is 3.37. The molecule has 0 bridgehead atoms. The van der Waals surface area contributed by atoms with Gasteiger partial charge in [-0.2, -0.15) is 0 Å². The van der Waals surface area contributed by atoms with Gasteiger partial charge in [0.2, 0.25) is 0 Å². The van der Waals surface area contributed by atoms with Crippen molar-refractivity contribution in [2.75, 3.05) is 32.8 Å². The molecule has 1 aromatic heterocycles. The number of nitrogens with zero attached hydrogens (tertiary/aromatic N) is 5. The van der Waals surface area contributed by atoms with Crippen LogP contribution in [0, 0.1) is 0 Å². The van der Waals surface area contributed by atoms with Crippen LogP contribution in [0.15, 0.2) is 6.20 Å². The summed E-state index contributed by atoms with van der Waals surface area (Å²) in [7, 11) is 0. The van der Waals surface area contributed by atoms with Crippen molar-refractivity contribution in [2.24, 2.45) is 0 Å². The van der Waals surface area contributed by atoms with E-state index in [0.717, 1.165) is 12.8 Å². The number of hydrogen-bond donors (Lipinski definition) is 0. The van der Waals surface area contributed by atoms with Gasteiger partial charge in [-0.1, -0.05) is 24.5 Å². The van der Waals surface area contributed by atoms with Crippen LogP contribution in [0.3, 0.4) is 0 Å². The zero-order chi connectivity index (χ0) is 16.9. The first kappa shape index (κ1) is 16.7. The number of piperazine rings is 1. The second-order valence-corrected chi connectivity index (χ2v) is 6.35. The highest BCUT2D eigenvalue weighted by Crippen LogP contribution is 2.27. The first-order valence-corrected chi connectivity index (χ1v) is 8.82. The van der Waals surface area contributed by atoms with Crippen molar-refractivity contribution in [2.45, 2.75) is 45.1 Å². The summed E-state index contributed by atoms with van der Waals surface area (Å²) in [5, 5.41) is 8.22. The Bertz CT molecular complexity index is 574. The molecule has 1 saturated carbocycles. The molecule has 0 atom stereocenters. The number of carbonyl (C=O) groups excluding carboxylic acids is 2. The number of carbonyl (C=O) groups is 2. The van der Waals surface area contributed by atoms with Gasteiger partial charge in [-0.25, -0.2) is 9.48 Å². The van der Waals surface area contributed by atoms with Crippen LogP contribution in [0.5, 0.6) is 0 Å². The molecule has 0 aromatic carbocycles. The second kappa shape index (κ2) is 7.63. The van der Waals surface area contributed by atoms with Crippen molar-refractivity contribution in [3.63, 3.8) is 0 Å². The predicted molar refractivity (Wildman–Crippen MR) is 86.6 cm³/mol. The quantitative estimate of drug-likeness (QED) is 0.840. The highest BCUT2D eigenvalue weighted by molar-refractivity contribution is 5.92. The number of rotatable bonds is 3. The Morgan fingerprint density at radius 2 is 1.79 bits per heavy atom. The monoisotopic (exact) mass is 335 g/mol. The molecular weight excluding hydrogens is 310 g/mol. The second-order valence-electron chi connectivity index (χ2n) is 6.35. The Morgan fingerprint density at radius 1 is 1.12 bits per heavy atom. The fraction of sp³-hybridized carbons (Fsp3) is 0.750. The van der Waals surface area contributed by atoms with Crippen LogP contribution >= 0.6 is 0 Å². The molecule has 0 spiro atoms. The zero-order valence-corrected chi connectivity index (χ0v) is 14.2. The summed E-state index contributed by atoms with van der Waals surface area (Å²) in [5.74, 6) is -0.111. The van der Waals surface area contributed by atoms with Crippen LogP contribution in [-0.4, -0.2) is 69.6 Å². The smallest absolute Gasteiger partial charge is 0.409 e. The van der Waals surface area contributed by atoms with Crippen molar-refractivity contribution in [3.8, 4) is 0 Å². The summed E-state index contributed by atoms with van der Waals surface area (Å²) >= 11 is 0. The van der Waals surface area contributed by atoms with E-state index in [1.54, 1.807) is 22.9 Å². The average Bonchev–Trinajstić information content (AvgIpc) is 3.12. The van der Waals surface area contributed by atoms with E-state index in [2.05, 4.69) is 10.3 Å². The minimum atomic E-state index is -0.312. The summed E-state index contributed by atoms with van der Waals surface area (Å²) < 4.78 is 6.84. The van der Waals surface area contributed by atoms with Crippen molar-refractivity contribution >= 4 is 12.0 Å². The molecule has 2 amide bonds. The highest BCUT2D eigenvalue weighted by Gasteiger charge is 2.27. The van der Waals surface area contributed by atoms with E-state index in [-0.39, 0.29) is 12.0 Å². The molecule has 2 aliphatic rings. The lowest BCUT2D eigenvalue weighted by atomic mass is 9.96. The van der Waals surface area contributed by atoms with Gasteiger partial charge in [-0.3, -0.25) is 4.79 Å². The maximum Gasteiger partial charge on any atom is 0.409 e. The Morgan fingerprint density at radius 3 is 2.46 bits per heavy atom. The normalized spacial score (nSPS) is 19.4. The molecule has 1 saturated heterocycles. The molecule has 8 nitrogen and oxygen atoms in total. The van der Waals surface area contributed by atoms with Gasteiger partial charge < -0.3 is 14.5 Å². The SMILES string of the molecule is CCOC(=O)N1CCN(C(=O)c2cn(C3CCCCC3)nn2)CC1. The maximum atomic E-state index is 12.6. The molecule has 0 N–H and O–H groups in total. The Hall–Kier alpha value is -2.12. The topological polar surface area (TPSA) is 80.6 Å². The van der Waals surface area contributed by atoms with Crippen molar-refractivity contribution in [1.82, 2.24) is 24.8 Å². The van der Waals surface area contributed by atoms with Gasteiger partial charge >= 0.3 is 6.09 Å². The standard InChI is InChI=1S/C16H25N5O3/c1-2-24-16(23)20-10-8-19(9-11-20)15(22)14-12-21(18-17-14)13-6-4-3-5-7-13/h12-13H,2-11H2,1H3. The molecule has 0 radical (unpaired) electrons. The van der Waals surface area contributed by atoms with E-state index in [0.29, 0.717) is 44.5 Å². The minimum Gasteiger partial charge on any atom is -0.450 e. The van der Waals surface area contributed by atoms with E-state index in [1.165, 1.54) is 19.3 Å². The first-order valence-electron chi connectivity index (χ1n) is 8.82. The van der Waals surface area contributed by atoms with Crippen LogP contribution in [0.25, 0.3) is 0 Å². The number of hydrogen-bond acceptors (Lipinski definition) is 5. The van der Waals surface area contributed by atoms with Crippen molar-refractivity contribution in [1.29, 1.82) is 0 Å². The van der Waals surface area contributed by atoms with Gasteiger partial charge in [-0.05, 0) is 19.8 Å². The molecule has 1 aliphatic carbocycles. The Balaban J connectivity index is 1.55. The summed E-state index contributed by atoms with van der Waals surface area (Å²) in [6, 6.07) is 0.369. The van der Waals surface area contributed by atoms with Gasteiger partial charge in [0.05, 0.1) is 18.8 Å². The van der Waals surface area contributed by atoms with Crippen LogP contribution in [-0.2, 0) is 4.74 Å². The third-order valence-corrected chi connectivity index (χ3v) is 4.77. The van der Waals surface area contributed by atoms with Gasteiger partial charge in [0, 0.05) is 26.2 Å². The molecule has 8 heteroatoms. The third-order valence-electron chi connectivity index (χ3n) is 4.77. The summed E-state index contributed by atoms with van der Waals surface area (Å²) in [6.07, 6.45) is 7.38. The number of amides is 2. The van der Waals surface area contributed by atoms with Crippen molar-refractivity contribution in [3.05, 3.63) is 11.9 Å². The van der Waals surface area contributed by atoms with Gasteiger partial charge in [-0.15, -0.1) is 5.10 Å². The molecule has 1 aliphatic heterocycles. The predicted octanol–water partition coefficient (Wildman–Crippen LogP) is 1.70. The third kappa shape index (κ3) is 3.68. The molecule has 2 heterocycles. The van der Waals surface area contributed by atoms with Crippen LogP contribution < -0.4 is 0 Å². The van der Waals surface area contributed by atoms with Crippen LogP contribution in [0.2, 0.25) is 0 Å². The van der Waals surface area contributed by atoms with Crippen LogP contribution in [0.1, 0.15) is 55.6 Å². The number of aromatic nitrogens is 3. The van der Waals surface area contributed by atoms with E-state index in [9.17, 15) is 9.59 Å². The van der Waals surface area contributed by atoms with Gasteiger partial charge in [0.25, 0.3) is 5.91 Å². The van der Waals surface area contributed by atoms with Gasteiger partial charge in [0.15, 0.2) is 5.69 Å². The summed E-state index contributed by atoms with van der Waals surface area (Å²) in [6.45, 7) is 4.11. The van der Waals surface area contributed by atoms with Crippen LogP contribution in [0.4, 0.5) is 4.79 Å². The van der Waals surface area contributed by atoms with E-state index in [4.69, 9.17) is 4.74 Å². The lowest BCUT2D eigenvalue weighted by Gasteiger charge is -2.33. The molecule has 2 fully saturated rings. The van der Waals surface area contributed by atoms with Gasteiger partial charge in [0.1, 0.15) is 0 Å². The average molecular weight is 335 g/mol. The van der Waals surface area contributed by atoms with E-state index in [1.807, 2.05) is 4.68 Å². The fourth-order valence-corrected chi connectivity index (χ4v) is 3.37. The zero-order valence-electron chi connectivity index (χ0n) is 14.2. The Kier molecular flexibility index (Phi) is 5.32.